The van der Waals surface area contributed by atoms with Crippen molar-refractivity contribution in [3.05, 3.63) is 66.3 Å². The van der Waals surface area contributed by atoms with Crippen LogP contribution in [0.15, 0.2) is 60.7 Å². The van der Waals surface area contributed by atoms with Gasteiger partial charge in [-0.2, -0.15) is 0 Å². The summed E-state index contributed by atoms with van der Waals surface area (Å²) in [6, 6.07) is 6.90. The number of allylic oxidation sites excluding steroid dienone is 5. The summed E-state index contributed by atoms with van der Waals surface area (Å²) < 4.78 is 16.9. The lowest BCUT2D eigenvalue weighted by molar-refractivity contribution is 0.0379. The maximum Gasteiger partial charge on any atom is 0.338 e. The largest absolute Gasteiger partial charge is 0.497 e. The molecule has 1 atom stereocenters. The molecule has 5 heteroatoms. The van der Waals surface area contributed by atoms with E-state index in [1.165, 1.54) is 0 Å². The van der Waals surface area contributed by atoms with E-state index < -0.39 is 8.32 Å². The number of carbonyl (C=O) groups is 1. The second kappa shape index (κ2) is 16.6. The highest BCUT2D eigenvalue weighted by Crippen LogP contribution is 2.36. The van der Waals surface area contributed by atoms with Crippen molar-refractivity contribution in [1.29, 1.82) is 0 Å². The van der Waals surface area contributed by atoms with E-state index in [-0.39, 0.29) is 17.1 Å². The van der Waals surface area contributed by atoms with Crippen molar-refractivity contribution in [2.45, 2.75) is 77.6 Å². The van der Waals surface area contributed by atoms with Crippen LogP contribution in [0, 0.1) is 23.7 Å². The zero-order valence-corrected chi connectivity index (χ0v) is 24.0. The van der Waals surface area contributed by atoms with E-state index in [1.807, 2.05) is 30.4 Å². The van der Waals surface area contributed by atoms with Crippen LogP contribution in [0.5, 0.6) is 5.75 Å². The van der Waals surface area contributed by atoms with Crippen molar-refractivity contribution in [1.82, 2.24) is 0 Å². The van der Waals surface area contributed by atoms with Gasteiger partial charge in [-0.1, -0.05) is 70.3 Å². The van der Waals surface area contributed by atoms with E-state index in [0.717, 1.165) is 32.3 Å². The fraction of sp³-hybridized carbons (Fsp3) is 0.452. The molecule has 0 radical (unpaired) electrons. The Bertz CT molecular complexity index is 1000. The number of unbranched alkanes of at least 4 members (excludes halogenated alkanes) is 1. The van der Waals surface area contributed by atoms with Gasteiger partial charge in [0.2, 0.25) is 0 Å². The van der Waals surface area contributed by atoms with Gasteiger partial charge in [-0.05, 0) is 79.2 Å². The Balaban J connectivity index is 2.39. The molecule has 194 valence electrons. The van der Waals surface area contributed by atoms with E-state index in [4.69, 9.17) is 13.9 Å². The van der Waals surface area contributed by atoms with Gasteiger partial charge in [-0.25, -0.2) is 4.79 Å². The molecule has 0 heterocycles. The highest BCUT2D eigenvalue weighted by Gasteiger charge is 2.36. The van der Waals surface area contributed by atoms with E-state index in [2.05, 4.69) is 64.5 Å². The molecule has 0 N–H and O–H groups in total. The molecule has 0 aliphatic rings. The van der Waals surface area contributed by atoms with E-state index in [1.54, 1.807) is 37.5 Å². The Labute approximate surface area is 219 Å². The Morgan fingerprint density at radius 2 is 1.75 bits per heavy atom. The molecule has 0 fully saturated rings. The molecule has 0 unspecified atom stereocenters. The molecular formula is C31H42O4Si. The third kappa shape index (κ3) is 12.6. The van der Waals surface area contributed by atoms with Gasteiger partial charge < -0.3 is 13.9 Å². The van der Waals surface area contributed by atoms with Gasteiger partial charge in [0.15, 0.2) is 8.32 Å². The minimum absolute atomic E-state index is 0.239. The first-order valence-electron chi connectivity index (χ1n) is 12.6. The molecule has 0 aliphatic carbocycles. The van der Waals surface area contributed by atoms with Crippen LogP contribution in [0.25, 0.3) is 0 Å². The van der Waals surface area contributed by atoms with Crippen LogP contribution in [0.4, 0.5) is 0 Å². The molecule has 1 aromatic rings. The predicted octanol–water partition coefficient (Wildman–Crippen LogP) is 7.50. The number of methoxy groups -OCH3 is 1. The molecule has 0 bridgehead atoms. The summed E-state index contributed by atoms with van der Waals surface area (Å²) >= 11 is 0. The van der Waals surface area contributed by atoms with Crippen molar-refractivity contribution in [3.8, 4) is 29.4 Å². The molecule has 4 nitrogen and oxygen atoms in total. The van der Waals surface area contributed by atoms with Gasteiger partial charge in [0.05, 0.1) is 12.7 Å². The van der Waals surface area contributed by atoms with Crippen LogP contribution in [0.2, 0.25) is 18.1 Å². The van der Waals surface area contributed by atoms with Crippen LogP contribution in [-0.4, -0.2) is 34.1 Å². The number of rotatable bonds is 12. The molecule has 0 spiro atoms. The standard InChI is InChI=1S/C31H42O4Si/c1-8-20-29(35-30(32)27-22-24-28(33-5)25-23-27)21-18-16-14-12-10-9-11-13-15-17-19-26-34-36(6,7)31(2,3)4/h10,12,14,16,18,21-25,29H,8,17,19-20,26H2,1-7H3/b12-10+,16-14+,21-18+/t29-/m1/s1. The fourth-order valence-electron chi connectivity index (χ4n) is 2.72. The number of benzene rings is 1. The third-order valence-electron chi connectivity index (χ3n) is 5.93. The number of hydrogen-bond donors (Lipinski definition) is 0. The van der Waals surface area contributed by atoms with Crippen molar-refractivity contribution in [2.24, 2.45) is 0 Å². The summed E-state index contributed by atoms with van der Waals surface area (Å²) in [4.78, 5) is 12.4. The van der Waals surface area contributed by atoms with Crippen LogP contribution in [-0.2, 0) is 9.16 Å². The summed E-state index contributed by atoms with van der Waals surface area (Å²) in [7, 11) is -0.0714. The number of esters is 1. The normalized spacial score (nSPS) is 12.8. The first-order valence-corrected chi connectivity index (χ1v) is 15.5. The second-order valence-electron chi connectivity index (χ2n) is 9.87. The minimum atomic E-state index is -1.66. The number of carbonyl (C=O) groups excluding carboxylic acids is 1. The van der Waals surface area contributed by atoms with Crippen molar-refractivity contribution in [2.75, 3.05) is 13.7 Å². The Morgan fingerprint density at radius 1 is 1.06 bits per heavy atom. The highest BCUT2D eigenvalue weighted by molar-refractivity contribution is 6.74. The summed E-state index contributed by atoms with van der Waals surface area (Å²) in [5, 5.41) is 0.239. The summed E-state index contributed by atoms with van der Waals surface area (Å²) in [6.45, 7) is 14.1. The molecule has 0 aliphatic heterocycles. The van der Waals surface area contributed by atoms with Gasteiger partial charge in [0, 0.05) is 13.0 Å². The van der Waals surface area contributed by atoms with Gasteiger partial charge in [-0.15, -0.1) is 0 Å². The average molecular weight is 507 g/mol. The second-order valence-corrected chi connectivity index (χ2v) is 14.7. The van der Waals surface area contributed by atoms with Crippen LogP contribution < -0.4 is 4.74 Å². The van der Waals surface area contributed by atoms with Crippen LogP contribution in [0.3, 0.4) is 0 Å². The molecule has 0 amide bonds. The zero-order chi connectivity index (χ0) is 26.9. The van der Waals surface area contributed by atoms with E-state index in [9.17, 15) is 4.79 Å². The van der Waals surface area contributed by atoms with Gasteiger partial charge >= 0.3 is 5.97 Å². The topological polar surface area (TPSA) is 44.8 Å². The molecule has 1 aromatic carbocycles. The van der Waals surface area contributed by atoms with E-state index in [0.29, 0.717) is 11.3 Å². The maximum absolute atomic E-state index is 12.4. The minimum Gasteiger partial charge on any atom is -0.497 e. The Kier molecular flexibility index (Phi) is 14.3. The summed E-state index contributed by atoms with van der Waals surface area (Å²) in [6.07, 6.45) is 14.3. The molecule has 0 saturated carbocycles. The smallest absolute Gasteiger partial charge is 0.338 e. The number of hydrogen-bond acceptors (Lipinski definition) is 4. The SMILES string of the molecule is CCC[C@H](/C=C/C=C/C=C/C#CC#CCCCO[Si](C)(C)C(C)(C)C)OC(=O)c1ccc(OC)cc1. The van der Waals surface area contributed by atoms with Crippen molar-refractivity contribution < 1.29 is 18.7 Å². The quantitative estimate of drug-likeness (QED) is 0.0968. The molecular weight excluding hydrogens is 464 g/mol. The number of ether oxygens (including phenoxy) is 2. The van der Waals surface area contributed by atoms with Gasteiger partial charge in [0.1, 0.15) is 11.9 Å². The van der Waals surface area contributed by atoms with E-state index >= 15 is 0 Å². The van der Waals surface area contributed by atoms with Gasteiger partial charge in [-0.3, -0.25) is 0 Å². The summed E-state index contributed by atoms with van der Waals surface area (Å²) in [5.41, 5.74) is 0.505. The lowest BCUT2D eigenvalue weighted by Gasteiger charge is -2.36. The highest BCUT2D eigenvalue weighted by atomic mass is 28.4. The Morgan fingerprint density at radius 3 is 2.39 bits per heavy atom. The summed E-state index contributed by atoms with van der Waals surface area (Å²) in [5.74, 6) is 12.1. The first-order chi connectivity index (χ1) is 17.1. The van der Waals surface area contributed by atoms with Crippen molar-refractivity contribution in [3.63, 3.8) is 0 Å². The first kappa shape index (κ1) is 31.0. The molecule has 0 aromatic heterocycles. The van der Waals surface area contributed by atoms with Crippen LogP contribution in [0.1, 0.15) is 63.7 Å². The van der Waals surface area contributed by atoms with Gasteiger partial charge in [0.25, 0.3) is 0 Å². The fourth-order valence-corrected chi connectivity index (χ4v) is 3.81. The van der Waals surface area contributed by atoms with Crippen molar-refractivity contribution >= 4 is 14.3 Å². The maximum atomic E-state index is 12.4. The monoisotopic (exact) mass is 506 g/mol. The third-order valence-corrected chi connectivity index (χ3v) is 10.5. The molecule has 1 rings (SSSR count). The predicted molar refractivity (Wildman–Crippen MR) is 152 cm³/mol. The lowest BCUT2D eigenvalue weighted by atomic mass is 10.2. The van der Waals surface area contributed by atoms with Crippen LogP contribution >= 0.6 is 0 Å². The zero-order valence-electron chi connectivity index (χ0n) is 23.0. The molecule has 36 heavy (non-hydrogen) atoms. The lowest BCUT2D eigenvalue weighted by Crippen LogP contribution is -2.40. The average Bonchev–Trinajstić information content (AvgIpc) is 2.83. The molecule has 0 saturated heterocycles. The Hall–Kier alpha value is -2.99.